The number of benzene rings is 1. The van der Waals surface area contributed by atoms with Gasteiger partial charge in [0.25, 0.3) is 0 Å². The summed E-state index contributed by atoms with van der Waals surface area (Å²) in [5, 5.41) is 10.9. The SMILES string of the molecule is Cc1ccc(OCC(C)Nc2ccc(N)nn2)cc1. The molecular formula is C14H18N4O. The number of hydrogen-bond donors (Lipinski definition) is 2. The summed E-state index contributed by atoms with van der Waals surface area (Å²) in [7, 11) is 0. The Labute approximate surface area is 112 Å². The first-order valence-electron chi connectivity index (χ1n) is 6.19. The summed E-state index contributed by atoms with van der Waals surface area (Å²) >= 11 is 0. The van der Waals surface area contributed by atoms with Gasteiger partial charge in [0.05, 0.1) is 6.04 Å². The van der Waals surface area contributed by atoms with Gasteiger partial charge in [-0.15, -0.1) is 10.2 Å². The number of aryl methyl sites for hydroxylation is 1. The van der Waals surface area contributed by atoms with E-state index in [9.17, 15) is 0 Å². The Morgan fingerprint density at radius 2 is 1.89 bits per heavy atom. The van der Waals surface area contributed by atoms with Gasteiger partial charge >= 0.3 is 0 Å². The van der Waals surface area contributed by atoms with Gasteiger partial charge in [-0.2, -0.15) is 0 Å². The van der Waals surface area contributed by atoms with Crippen molar-refractivity contribution < 1.29 is 4.74 Å². The maximum absolute atomic E-state index is 5.68. The van der Waals surface area contributed by atoms with Crippen LogP contribution in [0.3, 0.4) is 0 Å². The zero-order valence-electron chi connectivity index (χ0n) is 11.1. The van der Waals surface area contributed by atoms with Crippen molar-refractivity contribution in [2.75, 3.05) is 17.7 Å². The number of rotatable bonds is 5. The van der Waals surface area contributed by atoms with Crippen molar-refractivity contribution in [3.8, 4) is 5.75 Å². The smallest absolute Gasteiger partial charge is 0.149 e. The third-order valence-electron chi connectivity index (χ3n) is 2.60. The molecule has 2 rings (SSSR count). The molecule has 1 atom stereocenters. The Morgan fingerprint density at radius 1 is 1.16 bits per heavy atom. The normalized spacial score (nSPS) is 11.9. The number of aromatic nitrogens is 2. The van der Waals surface area contributed by atoms with Crippen molar-refractivity contribution >= 4 is 11.6 Å². The molecule has 5 nitrogen and oxygen atoms in total. The van der Waals surface area contributed by atoms with E-state index in [0.717, 1.165) is 5.75 Å². The van der Waals surface area contributed by atoms with Crippen LogP contribution in [0.25, 0.3) is 0 Å². The Balaban J connectivity index is 1.82. The molecule has 0 aliphatic rings. The number of nitrogen functional groups attached to an aromatic ring is 1. The van der Waals surface area contributed by atoms with Gasteiger partial charge in [0, 0.05) is 0 Å². The van der Waals surface area contributed by atoms with Crippen LogP contribution < -0.4 is 15.8 Å². The lowest BCUT2D eigenvalue weighted by molar-refractivity contribution is 0.303. The van der Waals surface area contributed by atoms with Crippen LogP contribution in [0.4, 0.5) is 11.6 Å². The van der Waals surface area contributed by atoms with Crippen molar-refractivity contribution in [2.45, 2.75) is 19.9 Å². The van der Waals surface area contributed by atoms with E-state index in [-0.39, 0.29) is 6.04 Å². The molecule has 5 heteroatoms. The molecule has 0 spiro atoms. The predicted octanol–water partition coefficient (Wildman–Crippen LogP) is 2.25. The minimum Gasteiger partial charge on any atom is -0.491 e. The Kier molecular flexibility index (Phi) is 4.18. The molecule has 3 N–H and O–H groups in total. The van der Waals surface area contributed by atoms with Crippen LogP contribution in [0, 0.1) is 6.92 Å². The lowest BCUT2D eigenvalue weighted by atomic mass is 10.2. The zero-order chi connectivity index (χ0) is 13.7. The summed E-state index contributed by atoms with van der Waals surface area (Å²) in [5.74, 6) is 1.96. The number of nitrogens with zero attached hydrogens (tertiary/aromatic N) is 2. The molecule has 0 bridgehead atoms. The largest absolute Gasteiger partial charge is 0.491 e. The van der Waals surface area contributed by atoms with Gasteiger partial charge in [-0.1, -0.05) is 17.7 Å². The lowest BCUT2D eigenvalue weighted by Gasteiger charge is -2.15. The molecule has 1 heterocycles. The highest BCUT2D eigenvalue weighted by Crippen LogP contribution is 2.12. The molecule has 19 heavy (non-hydrogen) atoms. The van der Waals surface area contributed by atoms with Crippen molar-refractivity contribution in [1.82, 2.24) is 10.2 Å². The third-order valence-corrected chi connectivity index (χ3v) is 2.60. The molecule has 0 aliphatic heterocycles. The summed E-state index contributed by atoms with van der Waals surface area (Å²) in [6.45, 7) is 4.62. The fourth-order valence-electron chi connectivity index (χ4n) is 1.57. The third kappa shape index (κ3) is 4.13. The van der Waals surface area contributed by atoms with Crippen LogP contribution in [-0.2, 0) is 0 Å². The molecule has 0 saturated carbocycles. The first kappa shape index (κ1) is 13.1. The average Bonchev–Trinajstić information content (AvgIpc) is 2.41. The molecule has 0 amide bonds. The minimum absolute atomic E-state index is 0.124. The van der Waals surface area contributed by atoms with Crippen molar-refractivity contribution in [3.63, 3.8) is 0 Å². The molecule has 100 valence electrons. The quantitative estimate of drug-likeness (QED) is 0.860. The standard InChI is InChI=1S/C14H18N4O/c1-10-3-5-12(6-4-10)19-9-11(2)16-14-8-7-13(15)17-18-14/h3-8,11H,9H2,1-2H3,(H2,15,17)(H,16,18). The predicted molar refractivity (Wildman–Crippen MR) is 76.2 cm³/mol. The molecular weight excluding hydrogens is 240 g/mol. The molecule has 1 aromatic heterocycles. The summed E-state index contributed by atoms with van der Waals surface area (Å²) in [5.41, 5.74) is 6.70. The fraction of sp³-hybridized carbons (Fsp3) is 0.286. The lowest BCUT2D eigenvalue weighted by Crippen LogP contribution is -2.24. The van der Waals surface area contributed by atoms with Gasteiger partial charge in [0.15, 0.2) is 0 Å². The van der Waals surface area contributed by atoms with Gasteiger partial charge in [0.2, 0.25) is 0 Å². The van der Waals surface area contributed by atoms with Crippen molar-refractivity contribution in [3.05, 3.63) is 42.0 Å². The van der Waals surface area contributed by atoms with Crippen LogP contribution in [0.2, 0.25) is 0 Å². The second-order valence-corrected chi connectivity index (χ2v) is 4.51. The van der Waals surface area contributed by atoms with E-state index < -0.39 is 0 Å². The average molecular weight is 258 g/mol. The highest BCUT2D eigenvalue weighted by molar-refractivity contribution is 5.39. The van der Waals surface area contributed by atoms with E-state index in [0.29, 0.717) is 18.2 Å². The van der Waals surface area contributed by atoms with E-state index >= 15 is 0 Å². The van der Waals surface area contributed by atoms with Crippen LogP contribution in [-0.4, -0.2) is 22.8 Å². The Hall–Kier alpha value is -2.30. The minimum atomic E-state index is 0.124. The van der Waals surface area contributed by atoms with Crippen LogP contribution in [0.1, 0.15) is 12.5 Å². The summed E-state index contributed by atoms with van der Waals surface area (Å²) in [4.78, 5) is 0. The molecule has 2 aromatic rings. The second-order valence-electron chi connectivity index (χ2n) is 4.51. The number of anilines is 2. The van der Waals surface area contributed by atoms with Gasteiger partial charge in [-0.05, 0) is 38.1 Å². The number of nitrogens with two attached hydrogens (primary N) is 1. The molecule has 0 saturated heterocycles. The highest BCUT2D eigenvalue weighted by Gasteiger charge is 2.04. The second kappa shape index (κ2) is 6.04. The van der Waals surface area contributed by atoms with Gasteiger partial charge < -0.3 is 15.8 Å². The number of nitrogens with one attached hydrogen (secondary N) is 1. The number of ether oxygens (including phenoxy) is 1. The fourth-order valence-corrected chi connectivity index (χ4v) is 1.57. The van der Waals surface area contributed by atoms with Crippen LogP contribution >= 0.6 is 0 Å². The highest BCUT2D eigenvalue weighted by atomic mass is 16.5. The van der Waals surface area contributed by atoms with E-state index in [1.54, 1.807) is 12.1 Å². The van der Waals surface area contributed by atoms with Crippen molar-refractivity contribution in [1.29, 1.82) is 0 Å². The monoisotopic (exact) mass is 258 g/mol. The van der Waals surface area contributed by atoms with Gasteiger partial charge in [-0.25, -0.2) is 0 Å². The van der Waals surface area contributed by atoms with E-state index in [2.05, 4.69) is 15.5 Å². The first-order valence-corrected chi connectivity index (χ1v) is 6.19. The molecule has 0 radical (unpaired) electrons. The molecule has 1 unspecified atom stereocenters. The van der Waals surface area contributed by atoms with Crippen LogP contribution in [0.5, 0.6) is 5.75 Å². The van der Waals surface area contributed by atoms with E-state index in [1.165, 1.54) is 5.56 Å². The van der Waals surface area contributed by atoms with Crippen molar-refractivity contribution in [2.24, 2.45) is 0 Å². The molecule has 0 fully saturated rings. The maximum Gasteiger partial charge on any atom is 0.149 e. The van der Waals surface area contributed by atoms with Gasteiger partial charge in [-0.3, -0.25) is 0 Å². The van der Waals surface area contributed by atoms with E-state index in [4.69, 9.17) is 10.5 Å². The molecule has 0 aliphatic carbocycles. The number of hydrogen-bond acceptors (Lipinski definition) is 5. The Bertz CT molecular complexity index is 510. The van der Waals surface area contributed by atoms with Crippen LogP contribution in [0.15, 0.2) is 36.4 Å². The zero-order valence-corrected chi connectivity index (χ0v) is 11.1. The maximum atomic E-state index is 5.68. The molecule has 1 aromatic carbocycles. The van der Waals surface area contributed by atoms with Gasteiger partial charge in [0.1, 0.15) is 24.0 Å². The summed E-state index contributed by atoms with van der Waals surface area (Å²) < 4.78 is 5.68. The summed E-state index contributed by atoms with van der Waals surface area (Å²) in [6.07, 6.45) is 0. The topological polar surface area (TPSA) is 73.1 Å². The Morgan fingerprint density at radius 3 is 2.53 bits per heavy atom. The first-order chi connectivity index (χ1) is 9.13. The van der Waals surface area contributed by atoms with E-state index in [1.807, 2.05) is 38.1 Å². The summed E-state index contributed by atoms with van der Waals surface area (Å²) in [6, 6.07) is 11.6.